The number of amides is 3. The van der Waals surface area contributed by atoms with Crippen molar-refractivity contribution < 1.29 is 31.5 Å². The summed E-state index contributed by atoms with van der Waals surface area (Å²) in [7, 11) is -4.12. The van der Waals surface area contributed by atoms with Gasteiger partial charge >= 0.3 is 6.03 Å². The first-order valence-electron chi connectivity index (χ1n) is 14.6. The van der Waals surface area contributed by atoms with E-state index in [9.17, 15) is 26.8 Å². The van der Waals surface area contributed by atoms with Crippen LogP contribution in [-0.2, 0) is 32.4 Å². The van der Waals surface area contributed by atoms with Gasteiger partial charge in [0.1, 0.15) is 28.7 Å². The number of carbonyl (C=O) groups excluding carboxylic acids is 2. The summed E-state index contributed by atoms with van der Waals surface area (Å²) in [4.78, 5) is 28.7. The van der Waals surface area contributed by atoms with Crippen LogP contribution in [0, 0.1) is 17.6 Å². The van der Waals surface area contributed by atoms with Crippen LogP contribution in [0.15, 0.2) is 65.6 Å². The summed E-state index contributed by atoms with van der Waals surface area (Å²) in [6.07, 6.45) is 1.99. The monoisotopic (exact) mass is 643 g/mol. The van der Waals surface area contributed by atoms with Crippen LogP contribution in [0.1, 0.15) is 42.4 Å². The van der Waals surface area contributed by atoms with Gasteiger partial charge in [0.15, 0.2) is 9.84 Å². The second-order valence-corrected chi connectivity index (χ2v) is 14.2. The molecule has 8 nitrogen and oxygen atoms in total. The number of carbonyl (C=O) groups is 2. The molecule has 1 aliphatic carbocycles. The lowest BCUT2D eigenvalue weighted by atomic mass is 9.78. The van der Waals surface area contributed by atoms with E-state index in [-0.39, 0.29) is 36.3 Å². The average molecular weight is 644 g/mol. The van der Waals surface area contributed by atoms with Crippen LogP contribution >= 0.6 is 11.6 Å². The van der Waals surface area contributed by atoms with Gasteiger partial charge in [-0.15, -0.1) is 0 Å². The van der Waals surface area contributed by atoms with Crippen molar-refractivity contribution in [2.24, 2.45) is 11.7 Å². The third kappa shape index (κ3) is 5.19. The van der Waals surface area contributed by atoms with Gasteiger partial charge in [0.2, 0.25) is 5.91 Å². The zero-order valence-electron chi connectivity index (χ0n) is 23.8. The number of benzene rings is 3. The molecule has 0 saturated carbocycles. The number of nitrogens with zero attached hydrogens (tertiary/aromatic N) is 2. The highest BCUT2D eigenvalue weighted by Gasteiger charge is 2.61. The van der Waals surface area contributed by atoms with Gasteiger partial charge in [0.05, 0.1) is 10.9 Å². The van der Waals surface area contributed by atoms with Gasteiger partial charge in [-0.2, -0.15) is 0 Å². The number of ether oxygens (including phenoxy) is 1. The number of primary amides is 1. The number of hydrogen-bond donors (Lipinski definition) is 1. The number of nitrogens with two attached hydrogens (primary N) is 1. The molecule has 232 valence electrons. The summed E-state index contributed by atoms with van der Waals surface area (Å²) in [6, 6.07) is 12.9. The number of piperidine rings is 1. The van der Waals surface area contributed by atoms with Crippen molar-refractivity contribution in [1.29, 1.82) is 0 Å². The number of fused-ring (bicyclic) bond motifs is 3. The Hall–Kier alpha value is -3.70. The minimum atomic E-state index is -4.12. The lowest BCUT2D eigenvalue weighted by Crippen LogP contribution is -2.54. The third-order valence-electron chi connectivity index (χ3n) is 9.30. The second kappa shape index (κ2) is 11.7. The second-order valence-electron chi connectivity index (χ2n) is 11.6. The van der Waals surface area contributed by atoms with E-state index in [1.807, 2.05) is 0 Å². The number of sulfone groups is 1. The fraction of sp³-hybridized carbons (Fsp3) is 0.375. The molecule has 0 spiro atoms. The van der Waals surface area contributed by atoms with E-state index in [2.05, 4.69) is 0 Å². The van der Waals surface area contributed by atoms with E-state index in [1.165, 1.54) is 35.2 Å². The molecule has 0 unspecified atom stereocenters. The molecule has 2 atom stereocenters. The quantitative estimate of drug-likeness (QED) is 0.371. The van der Waals surface area contributed by atoms with E-state index < -0.39 is 38.3 Å². The number of halogens is 3. The van der Waals surface area contributed by atoms with Gasteiger partial charge in [-0.25, -0.2) is 22.0 Å². The Labute approximate surface area is 259 Å². The Morgan fingerprint density at radius 1 is 0.955 bits per heavy atom. The van der Waals surface area contributed by atoms with Gasteiger partial charge in [-0.3, -0.25) is 4.79 Å². The maximum absolute atomic E-state index is 14.6. The molecule has 0 aromatic heterocycles. The predicted octanol–water partition coefficient (Wildman–Crippen LogP) is 5.20. The molecule has 0 radical (unpaired) electrons. The van der Waals surface area contributed by atoms with Crippen LogP contribution in [0.3, 0.4) is 0 Å². The van der Waals surface area contributed by atoms with Crippen LogP contribution in [0.2, 0.25) is 5.02 Å². The Bertz CT molecular complexity index is 1710. The van der Waals surface area contributed by atoms with E-state index in [0.29, 0.717) is 60.7 Å². The van der Waals surface area contributed by atoms with Crippen LogP contribution in [0.4, 0.5) is 13.6 Å². The summed E-state index contributed by atoms with van der Waals surface area (Å²) < 4.78 is 61.3. The van der Waals surface area contributed by atoms with Crippen molar-refractivity contribution in [2.45, 2.75) is 54.4 Å². The summed E-state index contributed by atoms with van der Waals surface area (Å²) in [5.74, 6) is -0.972. The van der Waals surface area contributed by atoms with E-state index >= 15 is 0 Å². The SMILES string of the molecule is NC(=O)N1CCC(C(=O)N2CC[C@@]3(S(=O)(=O)c4ccc(F)cc4)c4ccc(OCc5cc(F)ccc5Cl)cc4CC[C@@H]23)CC1. The molecule has 2 aliphatic heterocycles. The number of aryl methyl sites for hydroxylation is 1. The smallest absolute Gasteiger partial charge is 0.314 e. The largest absolute Gasteiger partial charge is 0.489 e. The zero-order valence-corrected chi connectivity index (χ0v) is 25.4. The predicted molar refractivity (Wildman–Crippen MR) is 160 cm³/mol. The molecule has 44 heavy (non-hydrogen) atoms. The molecule has 2 fully saturated rings. The van der Waals surface area contributed by atoms with Crippen LogP contribution in [0.5, 0.6) is 5.75 Å². The highest BCUT2D eigenvalue weighted by atomic mass is 35.5. The molecule has 12 heteroatoms. The average Bonchev–Trinajstić information content (AvgIpc) is 3.43. The Morgan fingerprint density at radius 2 is 1.66 bits per heavy atom. The molecule has 2 heterocycles. The van der Waals surface area contributed by atoms with E-state index in [4.69, 9.17) is 22.1 Å². The van der Waals surface area contributed by atoms with Gasteiger partial charge in [0.25, 0.3) is 0 Å². The number of likely N-dealkylation sites (tertiary alicyclic amines) is 2. The van der Waals surface area contributed by atoms with Crippen LogP contribution in [-0.4, -0.2) is 55.8 Å². The van der Waals surface area contributed by atoms with Gasteiger partial charge in [0, 0.05) is 36.1 Å². The standard InChI is InChI=1S/C32H32ClF2N3O5S/c33-28-9-4-24(35)17-22(28)19-43-25-5-8-27-21(18-25)1-10-29-32(27,44(41,42)26-6-2-23(34)3-7-26)13-16-38(29)30(39)20-11-14-37(15-12-20)31(36)40/h2-9,17-18,20,29H,1,10-16,19H2,(H2,36,40)/t29-,32-/m1/s1. The molecule has 3 amide bonds. The van der Waals surface area contributed by atoms with Gasteiger partial charge in [-0.05, 0) is 97.8 Å². The Balaban J connectivity index is 1.34. The van der Waals surface area contributed by atoms with E-state index in [0.717, 1.165) is 17.7 Å². The number of hydrogen-bond acceptors (Lipinski definition) is 5. The first-order chi connectivity index (χ1) is 21.0. The minimum absolute atomic E-state index is 0.0121. The fourth-order valence-corrected chi connectivity index (χ4v) is 9.62. The number of rotatable bonds is 6. The van der Waals surface area contributed by atoms with Crippen molar-refractivity contribution in [3.63, 3.8) is 0 Å². The van der Waals surface area contributed by atoms with Crippen molar-refractivity contribution in [3.8, 4) is 5.75 Å². The third-order valence-corrected chi connectivity index (χ3v) is 12.2. The Kier molecular flexibility index (Phi) is 8.04. The van der Waals surface area contributed by atoms with Gasteiger partial charge < -0.3 is 20.3 Å². The summed E-state index contributed by atoms with van der Waals surface area (Å²) in [6.45, 7) is 1.01. The highest BCUT2D eigenvalue weighted by Crippen LogP contribution is 2.53. The minimum Gasteiger partial charge on any atom is -0.489 e. The van der Waals surface area contributed by atoms with Crippen molar-refractivity contribution in [1.82, 2.24) is 9.80 Å². The van der Waals surface area contributed by atoms with Crippen molar-refractivity contribution in [2.75, 3.05) is 19.6 Å². The van der Waals surface area contributed by atoms with Crippen molar-refractivity contribution >= 4 is 33.4 Å². The highest BCUT2D eigenvalue weighted by molar-refractivity contribution is 7.92. The van der Waals surface area contributed by atoms with Gasteiger partial charge in [-0.1, -0.05) is 17.7 Å². The zero-order chi connectivity index (χ0) is 31.2. The summed E-state index contributed by atoms with van der Waals surface area (Å²) >= 11 is 6.20. The lowest BCUT2D eigenvalue weighted by molar-refractivity contribution is -0.138. The summed E-state index contributed by atoms with van der Waals surface area (Å²) in [5.41, 5.74) is 7.26. The van der Waals surface area contributed by atoms with Crippen LogP contribution in [0.25, 0.3) is 0 Å². The van der Waals surface area contributed by atoms with E-state index in [1.54, 1.807) is 23.1 Å². The maximum atomic E-state index is 14.6. The van der Waals surface area contributed by atoms with Crippen LogP contribution < -0.4 is 10.5 Å². The first-order valence-corrected chi connectivity index (χ1v) is 16.4. The molecule has 3 aromatic rings. The fourth-order valence-electron chi connectivity index (χ4n) is 7.08. The normalized spacial score (nSPS) is 21.9. The lowest BCUT2D eigenvalue weighted by Gasteiger charge is -2.43. The molecule has 0 bridgehead atoms. The van der Waals surface area contributed by atoms with Crippen molar-refractivity contribution in [3.05, 3.63) is 94.0 Å². The summed E-state index contributed by atoms with van der Waals surface area (Å²) in [5, 5.41) is 0.368. The Morgan fingerprint density at radius 3 is 2.36 bits per heavy atom. The molecular weight excluding hydrogens is 612 g/mol. The number of urea groups is 1. The topological polar surface area (TPSA) is 110 Å². The first kappa shape index (κ1) is 30.3. The maximum Gasteiger partial charge on any atom is 0.314 e. The molecule has 6 rings (SSSR count). The molecule has 2 saturated heterocycles. The molecule has 3 aromatic carbocycles. The molecule has 3 aliphatic rings. The molecular formula is C32H32ClF2N3O5S. The molecule has 2 N–H and O–H groups in total.